The van der Waals surface area contributed by atoms with E-state index in [1.54, 1.807) is 24.4 Å². The van der Waals surface area contributed by atoms with E-state index in [0.717, 1.165) is 52.1 Å². The number of ether oxygens (including phenoxy) is 3. The smallest absolute Gasteiger partial charge is 0.223 e. The Morgan fingerprint density at radius 3 is 2.56 bits per heavy atom. The summed E-state index contributed by atoms with van der Waals surface area (Å²) < 4.78 is 56.7. The normalized spacial score (nSPS) is 22.1. The summed E-state index contributed by atoms with van der Waals surface area (Å²) in [5, 5.41) is 3.30. The molecule has 12 nitrogen and oxygen atoms in total. The molecule has 0 atom stereocenters. The molecule has 3 aromatic rings. The van der Waals surface area contributed by atoms with Crippen LogP contribution in [0.1, 0.15) is 25.5 Å². The number of anilines is 1. The van der Waals surface area contributed by atoms with Gasteiger partial charge < -0.3 is 24.5 Å². The lowest BCUT2D eigenvalue weighted by Crippen LogP contribution is -2.45. The first-order valence-corrected chi connectivity index (χ1v) is 15.5. The molecule has 0 amide bonds. The van der Waals surface area contributed by atoms with Gasteiger partial charge in [-0.2, -0.15) is 0 Å². The van der Waals surface area contributed by atoms with Crippen LogP contribution in [0, 0.1) is 11.2 Å². The number of imidazole rings is 1. The van der Waals surface area contributed by atoms with E-state index in [9.17, 15) is 12.8 Å². The molecular formula is C27H36FN7O5S. The van der Waals surface area contributed by atoms with Crippen molar-refractivity contribution in [1.82, 2.24) is 29.6 Å². The number of aromatic nitrogens is 4. The van der Waals surface area contributed by atoms with Crippen molar-refractivity contribution in [2.24, 2.45) is 5.41 Å². The molecule has 0 radical (unpaired) electrons. The number of morpholine rings is 1. The largest absolute Gasteiger partial charge is 0.379 e. The van der Waals surface area contributed by atoms with E-state index in [0.29, 0.717) is 34.4 Å². The summed E-state index contributed by atoms with van der Waals surface area (Å²) in [5.41, 5.74) is 1.94. The van der Waals surface area contributed by atoms with Gasteiger partial charge in [0.2, 0.25) is 22.3 Å². The molecule has 0 unspecified atom stereocenters. The summed E-state index contributed by atoms with van der Waals surface area (Å²) in [4.78, 5) is 19.5. The molecule has 222 valence electrons. The monoisotopic (exact) mass is 589 g/mol. The van der Waals surface area contributed by atoms with Crippen molar-refractivity contribution in [3.8, 4) is 22.6 Å². The maximum Gasteiger partial charge on any atom is 0.223 e. The minimum absolute atomic E-state index is 0.186. The van der Waals surface area contributed by atoms with Crippen LogP contribution >= 0.6 is 0 Å². The Morgan fingerprint density at radius 2 is 1.85 bits per heavy atom. The summed E-state index contributed by atoms with van der Waals surface area (Å²) in [5.74, 6) is 0.568. The Hall–Kier alpha value is -3.01. The van der Waals surface area contributed by atoms with Gasteiger partial charge in [0.1, 0.15) is 5.82 Å². The highest BCUT2D eigenvalue weighted by atomic mass is 32.2. The van der Waals surface area contributed by atoms with Crippen LogP contribution in [0.2, 0.25) is 0 Å². The molecular weight excluding hydrogens is 553 g/mol. The number of halogens is 1. The molecule has 4 heterocycles. The van der Waals surface area contributed by atoms with Crippen LogP contribution in [0.25, 0.3) is 22.6 Å². The number of nitrogens with one attached hydrogen (secondary N) is 3. The Bertz CT molecular complexity index is 1410. The van der Waals surface area contributed by atoms with Crippen LogP contribution in [-0.4, -0.2) is 98.7 Å². The minimum Gasteiger partial charge on any atom is -0.379 e. The fourth-order valence-electron chi connectivity index (χ4n) is 4.62. The summed E-state index contributed by atoms with van der Waals surface area (Å²) in [6.07, 6.45) is 2.94. The lowest BCUT2D eigenvalue weighted by molar-refractivity contribution is -0.231. The standard InChI is InChI=1S/C27H36FN7O5S/c1-27(16-31-41(2,36)37)17-39-25(40-18-27)24-33-22(19-4-6-20(28)7-5-19)23(34-24)21-8-10-30-26(32-21)29-9-3-11-35-12-14-38-15-13-35/h4-8,10,25,31H,3,9,11-18H2,1-2H3,(H,33,34)(H,29,30,32). The van der Waals surface area contributed by atoms with E-state index in [1.807, 2.05) is 6.92 Å². The Labute approximate surface area is 239 Å². The Kier molecular flexibility index (Phi) is 9.26. The minimum atomic E-state index is -3.34. The van der Waals surface area contributed by atoms with Gasteiger partial charge >= 0.3 is 0 Å². The number of sulfonamides is 1. The van der Waals surface area contributed by atoms with Gasteiger partial charge in [0.15, 0.2) is 5.82 Å². The molecule has 5 rings (SSSR count). The quantitative estimate of drug-likeness (QED) is 0.285. The number of hydrogen-bond acceptors (Lipinski definition) is 10. The van der Waals surface area contributed by atoms with Gasteiger partial charge in [-0.15, -0.1) is 0 Å². The van der Waals surface area contributed by atoms with E-state index >= 15 is 0 Å². The number of hydrogen-bond donors (Lipinski definition) is 3. The van der Waals surface area contributed by atoms with Crippen molar-refractivity contribution in [1.29, 1.82) is 0 Å². The lowest BCUT2D eigenvalue weighted by Gasteiger charge is -2.36. The first-order valence-electron chi connectivity index (χ1n) is 13.6. The predicted molar refractivity (Wildman–Crippen MR) is 151 cm³/mol. The molecule has 14 heteroatoms. The maximum atomic E-state index is 13.7. The number of H-pyrrole nitrogens is 1. The maximum absolute atomic E-state index is 13.7. The third kappa shape index (κ3) is 8.05. The van der Waals surface area contributed by atoms with Crippen molar-refractivity contribution in [2.75, 3.05) is 70.7 Å². The van der Waals surface area contributed by atoms with Gasteiger partial charge in [0.05, 0.1) is 49.8 Å². The number of aromatic amines is 1. The first-order chi connectivity index (χ1) is 19.7. The molecule has 2 aromatic heterocycles. The van der Waals surface area contributed by atoms with Crippen molar-refractivity contribution >= 4 is 16.0 Å². The lowest BCUT2D eigenvalue weighted by atomic mass is 9.92. The molecule has 2 fully saturated rings. The second-order valence-corrected chi connectivity index (χ2v) is 12.5. The van der Waals surface area contributed by atoms with Crippen molar-refractivity contribution in [2.45, 2.75) is 19.6 Å². The molecule has 3 N–H and O–H groups in total. The van der Waals surface area contributed by atoms with E-state index in [2.05, 4.69) is 24.9 Å². The van der Waals surface area contributed by atoms with Crippen LogP contribution in [0.4, 0.5) is 10.3 Å². The molecule has 1 aromatic carbocycles. The van der Waals surface area contributed by atoms with Crippen molar-refractivity contribution < 1.29 is 27.0 Å². The van der Waals surface area contributed by atoms with Gasteiger partial charge in [-0.1, -0.05) is 6.92 Å². The van der Waals surface area contributed by atoms with Gasteiger partial charge in [0.25, 0.3) is 0 Å². The van der Waals surface area contributed by atoms with Gasteiger partial charge in [0, 0.05) is 43.4 Å². The second kappa shape index (κ2) is 12.9. The highest BCUT2D eigenvalue weighted by molar-refractivity contribution is 7.88. The van der Waals surface area contributed by atoms with Crippen molar-refractivity contribution in [3.63, 3.8) is 0 Å². The number of rotatable bonds is 11. The van der Waals surface area contributed by atoms with Gasteiger partial charge in [-0.3, -0.25) is 4.90 Å². The fraction of sp³-hybridized carbons (Fsp3) is 0.519. The van der Waals surface area contributed by atoms with E-state index in [1.165, 1.54) is 12.1 Å². The zero-order valence-electron chi connectivity index (χ0n) is 23.2. The van der Waals surface area contributed by atoms with Crippen LogP contribution < -0.4 is 10.0 Å². The highest BCUT2D eigenvalue weighted by Gasteiger charge is 2.36. The van der Waals surface area contributed by atoms with Crippen LogP contribution in [0.15, 0.2) is 36.5 Å². The van der Waals surface area contributed by atoms with Crippen LogP contribution in [0.5, 0.6) is 0 Å². The van der Waals surface area contributed by atoms with E-state index in [-0.39, 0.29) is 25.6 Å². The van der Waals surface area contributed by atoms with E-state index < -0.39 is 21.7 Å². The average Bonchev–Trinajstić information content (AvgIpc) is 3.41. The summed E-state index contributed by atoms with van der Waals surface area (Å²) in [6, 6.07) is 7.84. The molecule has 0 spiro atoms. The predicted octanol–water partition coefficient (Wildman–Crippen LogP) is 2.41. The fourth-order valence-corrected chi connectivity index (χ4v) is 5.24. The Morgan fingerprint density at radius 1 is 1.12 bits per heavy atom. The zero-order chi connectivity index (χ0) is 28.9. The number of benzene rings is 1. The molecule has 0 saturated carbocycles. The van der Waals surface area contributed by atoms with Crippen LogP contribution in [0.3, 0.4) is 0 Å². The zero-order valence-corrected chi connectivity index (χ0v) is 24.0. The first kappa shape index (κ1) is 29.5. The third-order valence-corrected chi connectivity index (χ3v) is 7.61. The molecule has 0 aliphatic carbocycles. The summed E-state index contributed by atoms with van der Waals surface area (Å²) in [7, 11) is -3.34. The summed E-state index contributed by atoms with van der Waals surface area (Å²) in [6.45, 7) is 7.73. The van der Waals surface area contributed by atoms with Gasteiger partial charge in [-0.25, -0.2) is 32.5 Å². The SMILES string of the molecule is CC1(CNS(C)(=O)=O)COC(c2nc(-c3ccc(F)cc3)c(-c3ccnc(NCCCN4CCOCC4)n3)[nH]2)OC1. The topological polar surface area (TPSA) is 144 Å². The summed E-state index contributed by atoms with van der Waals surface area (Å²) >= 11 is 0. The number of nitrogens with zero attached hydrogens (tertiary/aromatic N) is 4. The van der Waals surface area contributed by atoms with Crippen molar-refractivity contribution in [3.05, 3.63) is 48.2 Å². The van der Waals surface area contributed by atoms with Gasteiger partial charge in [-0.05, 0) is 43.3 Å². The van der Waals surface area contributed by atoms with Crippen LogP contribution in [-0.2, 0) is 24.2 Å². The molecule has 2 aliphatic rings. The molecule has 2 aliphatic heterocycles. The van der Waals surface area contributed by atoms with E-state index in [4.69, 9.17) is 24.2 Å². The molecule has 0 bridgehead atoms. The second-order valence-electron chi connectivity index (χ2n) is 10.7. The molecule has 41 heavy (non-hydrogen) atoms. The average molecular weight is 590 g/mol. The highest BCUT2D eigenvalue weighted by Crippen LogP contribution is 2.35. The molecule has 2 saturated heterocycles. The third-order valence-electron chi connectivity index (χ3n) is 6.94. The Balaban J connectivity index is 1.31.